The SMILES string of the molecule is CC(COCc1cc2n(n1)CCNC2)Nc1cn[nH]c(=O)c1C(F)(F)F. The molecule has 142 valence electrons. The Morgan fingerprint density at radius 2 is 2.27 bits per heavy atom. The third-order valence-corrected chi connectivity index (χ3v) is 3.88. The lowest BCUT2D eigenvalue weighted by Crippen LogP contribution is -2.29. The number of hydrogen-bond donors (Lipinski definition) is 3. The molecule has 0 bridgehead atoms. The summed E-state index contributed by atoms with van der Waals surface area (Å²) in [4.78, 5) is 11.4. The van der Waals surface area contributed by atoms with Gasteiger partial charge < -0.3 is 15.4 Å². The normalized spacial score (nSPS) is 15.5. The Kier molecular flexibility index (Phi) is 5.28. The summed E-state index contributed by atoms with van der Waals surface area (Å²) in [6.07, 6.45) is -3.83. The van der Waals surface area contributed by atoms with Gasteiger partial charge in [-0.25, -0.2) is 5.10 Å². The zero-order valence-electron chi connectivity index (χ0n) is 14.1. The summed E-state index contributed by atoms with van der Waals surface area (Å²) in [7, 11) is 0. The summed E-state index contributed by atoms with van der Waals surface area (Å²) < 4.78 is 46.5. The molecule has 0 aromatic carbocycles. The van der Waals surface area contributed by atoms with E-state index in [0.29, 0.717) is 0 Å². The standard InChI is InChI=1S/C15H19F3N6O2/c1-9(21-12-6-20-22-14(25)13(12)15(16,17)18)7-26-8-10-4-11-5-19-2-3-24(11)23-10/h4,6,9,19H,2-3,5,7-8H2,1H3,(H2,21,22,25). The summed E-state index contributed by atoms with van der Waals surface area (Å²) in [5.74, 6) is 0. The maximum atomic E-state index is 13.0. The molecule has 3 N–H and O–H groups in total. The Bertz CT molecular complexity index is 793. The van der Waals surface area contributed by atoms with Crippen LogP contribution in [-0.2, 0) is 30.6 Å². The van der Waals surface area contributed by atoms with Crippen molar-refractivity contribution in [3.05, 3.63) is 39.6 Å². The fraction of sp³-hybridized carbons (Fsp3) is 0.533. The molecule has 1 aliphatic heterocycles. The third kappa shape index (κ3) is 4.22. The molecule has 3 heterocycles. The van der Waals surface area contributed by atoms with Crippen LogP contribution in [0.1, 0.15) is 23.9 Å². The quantitative estimate of drug-likeness (QED) is 0.703. The number of nitrogens with one attached hydrogen (secondary N) is 3. The second-order valence-electron chi connectivity index (χ2n) is 6.07. The van der Waals surface area contributed by atoms with E-state index in [1.165, 1.54) is 0 Å². The number of alkyl halides is 3. The largest absolute Gasteiger partial charge is 0.423 e. The molecule has 0 radical (unpaired) electrons. The van der Waals surface area contributed by atoms with Crippen LogP contribution in [0.2, 0.25) is 0 Å². The lowest BCUT2D eigenvalue weighted by Gasteiger charge is -2.18. The molecule has 1 atom stereocenters. The zero-order chi connectivity index (χ0) is 18.7. The van der Waals surface area contributed by atoms with Crippen molar-refractivity contribution in [3.8, 4) is 0 Å². The molecule has 0 saturated heterocycles. The van der Waals surface area contributed by atoms with Crippen LogP contribution in [0.5, 0.6) is 0 Å². The number of hydrogen-bond acceptors (Lipinski definition) is 6. The van der Waals surface area contributed by atoms with Gasteiger partial charge in [-0.2, -0.15) is 23.4 Å². The number of aromatic nitrogens is 4. The zero-order valence-corrected chi connectivity index (χ0v) is 14.1. The first kappa shape index (κ1) is 18.4. The number of halogens is 3. The molecule has 0 saturated carbocycles. The van der Waals surface area contributed by atoms with Crippen LogP contribution < -0.4 is 16.2 Å². The predicted octanol–water partition coefficient (Wildman–Crippen LogP) is 1.11. The minimum absolute atomic E-state index is 0.143. The van der Waals surface area contributed by atoms with E-state index in [-0.39, 0.29) is 18.9 Å². The first-order valence-corrected chi connectivity index (χ1v) is 8.10. The van der Waals surface area contributed by atoms with Crippen LogP contribution >= 0.6 is 0 Å². The molecule has 2 aromatic rings. The van der Waals surface area contributed by atoms with Crippen molar-refractivity contribution in [1.29, 1.82) is 0 Å². The molecule has 2 aromatic heterocycles. The van der Waals surface area contributed by atoms with Gasteiger partial charge in [-0.3, -0.25) is 9.48 Å². The van der Waals surface area contributed by atoms with Crippen LogP contribution in [0.4, 0.5) is 18.9 Å². The van der Waals surface area contributed by atoms with E-state index in [4.69, 9.17) is 4.74 Å². The maximum absolute atomic E-state index is 13.0. The summed E-state index contributed by atoms with van der Waals surface area (Å²) in [5, 5.41) is 15.5. The van der Waals surface area contributed by atoms with Crippen molar-refractivity contribution in [2.75, 3.05) is 18.5 Å². The van der Waals surface area contributed by atoms with Gasteiger partial charge in [-0.05, 0) is 13.0 Å². The lowest BCUT2D eigenvalue weighted by molar-refractivity contribution is -0.138. The topological polar surface area (TPSA) is 96.9 Å². The van der Waals surface area contributed by atoms with Crippen molar-refractivity contribution in [2.45, 2.75) is 38.8 Å². The molecular formula is C15H19F3N6O2. The third-order valence-electron chi connectivity index (χ3n) is 3.88. The van der Waals surface area contributed by atoms with Crippen molar-refractivity contribution >= 4 is 5.69 Å². The van der Waals surface area contributed by atoms with Crippen molar-refractivity contribution in [1.82, 2.24) is 25.3 Å². The molecule has 11 heteroatoms. The van der Waals surface area contributed by atoms with Gasteiger partial charge in [0, 0.05) is 19.1 Å². The Morgan fingerprint density at radius 1 is 1.46 bits per heavy atom. The predicted molar refractivity (Wildman–Crippen MR) is 86.5 cm³/mol. The van der Waals surface area contributed by atoms with Gasteiger partial charge in [0.05, 0.1) is 43.0 Å². The Morgan fingerprint density at radius 3 is 3.00 bits per heavy atom. The highest BCUT2D eigenvalue weighted by molar-refractivity contribution is 5.50. The highest BCUT2D eigenvalue weighted by Gasteiger charge is 2.37. The molecule has 26 heavy (non-hydrogen) atoms. The molecule has 1 aliphatic rings. The van der Waals surface area contributed by atoms with Crippen molar-refractivity contribution in [3.63, 3.8) is 0 Å². The van der Waals surface area contributed by atoms with E-state index in [1.807, 2.05) is 10.7 Å². The molecule has 0 spiro atoms. The Balaban J connectivity index is 1.56. The van der Waals surface area contributed by atoms with E-state index in [9.17, 15) is 18.0 Å². The van der Waals surface area contributed by atoms with Gasteiger partial charge in [0.25, 0.3) is 5.56 Å². The second-order valence-corrected chi connectivity index (χ2v) is 6.07. The lowest BCUT2D eigenvalue weighted by atomic mass is 10.2. The highest BCUT2D eigenvalue weighted by atomic mass is 19.4. The molecule has 3 rings (SSSR count). The smallest absolute Gasteiger partial charge is 0.378 e. The Hall–Kier alpha value is -2.40. The van der Waals surface area contributed by atoms with Crippen LogP contribution in [0.3, 0.4) is 0 Å². The molecule has 0 fully saturated rings. The number of ether oxygens (including phenoxy) is 1. The van der Waals surface area contributed by atoms with Gasteiger partial charge in [-0.1, -0.05) is 0 Å². The Labute approximate surface area is 146 Å². The van der Waals surface area contributed by atoms with Gasteiger partial charge in [0.2, 0.25) is 0 Å². The minimum Gasteiger partial charge on any atom is -0.378 e. The number of fused-ring (bicyclic) bond motifs is 1. The van der Waals surface area contributed by atoms with E-state index in [1.54, 1.807) is 12.0 Å². The molecule has 1 unspecified atom stereocenters. The van der Waals surface area contributed by atoms with Crippen LogP contribution in [-0.4, -0.2) is 39.2 Å². The fourth-order valence-electron chi connectivity index (χ4n) is 2.76. The first-order chi connectivity index (χ1) is 12.3. The number of nitrogens with zero attached hydrogens (tertiary/aromatic N) is 3. The summed E-state index contributed by atoms with van der Waals surface area (Å²) in [6, 6.07) is 1.48. The number of aromatic amines is 1. The average Bonchev–Trinajstić information content (AvgIpc) is 2.96. The van der Waals surface area contributed by atoms with E-state index < -0.39 is 23.3 Å². The molecule has 0 amide bonds. The van der Waals surface area contributed by atoms with Crippen molar-refractivity contribution < 1.29 is 17.9 Å². The van der Waals surface area contributed by atoms with Gasteiger partial charge >= 0.3 is 6.18 Å². The highest BCUT2D eigenvalue weighted by Crippen LogP contribution is 2.31. The fourth-order valence-corrected chi connectivity index (χ4v) is 2.76. The van der Waals surface area contributed by atoms with Gasteiger partial charge in [0.15, 0.2) is 0 Å². The second kappa shape index (κ2) is 7.46. The summed E-state index contributed by atoms with van der Waals surface area (Å²) in [6.45, 7) is 4.46. The van der Waals surface area contributed by atoms with E-state index >= 15 is 0 Å². The van der Waals surface area contributed by atoms with Crippen LogP contribution in [0.25, 0.3) is 0 Å². The van der Waals surface area contributed by atoms with Gasteiger partial charge in [0.1, 0.15) is 5.56 Å². The monoisotopic (exact) mass is 372 g/mol. The summed E-state index contributed by atoms with van der Waals surface area (Å²) in [5.41, 5.74) is -1.11. The molecule has 0 aliphatic carbocycles. The van der Waals surface area contributed by atoms with Crippen LogP contribution in [0.15, 0.2) is 17.1 Å². The number of H-pyrrole nitrogens is 1. The average molecular weight is 372 g/mol. The summed E-state index contributed by atoms with van der Waals surface area (Å²) >= 11 is 0. The molecule has 8 nitrogen and oxygen atoms in total. The van der Waals surface area contributed by atoms with E-state index in [2.05, 4.69) is 20.8 Å². The number of rotatable bonds is 6. The first-order valence-electron chi connectivity index (χ1n) is 8.10. The maximum Gasteiger partial charge on any atom is 0.423 e. The van der Waals surface area contributed by atoms with Gasteiger partial charge in [-0.15, -0.1) is 0 Å². The van der Waals surface area contributed by atoms with E-state index in [0.717, 1.165) is 37.2 Å². The number of anilines is 1. The molecular weight excluding hydrogens is 353 g/mol. The van der Waals surface area contributed by atoms with Crippen molar-refractivity contribution in [2.24, 2.45) is 0 Å². The minimum atomic E-state index is -4.77. The van der Waals surface area contributed by atoms with Crippen LogP contribution in [0, 0.1) is 0 Å².